The predicted octanol–water partition coefficient (Wildman–Crippen LogP) is 3.06. The lowest BCUT2D eigenvalue weighted by Crippen LogP contribution is -2.05. The van der Waals surface area contributed by atoms with Crippen LogP contribution in [0.2, 0.25) is 0 Å². The van der Waals surface area contributed by atoms with Crippen LogP contribution < -0.4 is 14.8 Å². The highest BCUT2D eigenvalue weighted by atomic mass is 16.5. The molecule has 0 atom stereocenters. The minimum Gasteiger partial charge on any atom is -0.497 e. The fourth-order valence-corrected chi connectivity index (χ4v) is 2.08. The van der Waals surface area contributed by atoms with Crippen molar-refractivity contribution < 1.29 is 9.47 Å². The second-order valence-electron chi connectivity index (χ2n) is 4.64. The van der Waals surface area contributed by atoms with E-state index in [1.54, 1.807) is 7.11 Å². The molecule has 0 saturated heterocycles. The molecule has 1 N–H and O–H groups in total. The molecular weight excluding hydrogens is 266 g/mol. The Hall–Kier alpha value is -2.30. The van der Waals surface area contributed by atoms with E-state index in [2.05, 4.69) is 22.2 Å². The number of anilines is 1. The molecule has 5 heteroatoms. The van der Waals surface area contributed by atoms with Gasteiger partial charge in [0.1, 0.15) is 24.5 Å². The van der Waals surface area contributed by atoms with Crippen LogP contribution in [0.5, 0.6) is 11.6 Å². The number of hydrogen-bond acceptors (Lipinski definition) is 5. The Bertz CT molecular complexity index is 570. The first-order valence-electron chi connectivity index (χ1n) is 7.05. The zero-order chi connectivity index (χ0) is 15.1. The van der Waals surface area contributed by atoms with E-state index >= 15 is 0 Å². The summed E-state index contributed by atoms with van der Waals surface area (Å²) in [5.74, 6) is 2.31. The first-order valence-corrected chi connectivity index (χ1v) is 7.05. The van der Waals surface area contributed by atoms with Crippen molar-refractivity contribution in [2.45, 2.75) is 26.4 Å². The number of hydrogen-bond donors (Lipinski definition) is 1. The average molecular weight is 287 g/mol. The monoisotopic (exact) mass is 287 g/mol. The van der Waals surface area contributed by atoms with Crippen LogP contribution in [0, 0.1) is 0 Å². The van der Waals surface area contributed by atoms with Gasteiger partial charge in [0, 0.05) is 7.05 Å². The van der Waals surface area contributed by atoms with Crippen molar-refractivity contribution in [3.63, 3.8) is 0 Å². The molecule has 0 aliphatic carbocycles. The molecule has 2 aromatic rings. The number of ether oxygens (including phenoxy) is 2. The van der Waals surface area contributed by atoms with Gasteiger partial charge in [0.15, 0.2) is 0 Å². The molecule has 5 nitrogen and oxygen atoms in total. The van der Waals surface area contributed by atoms with Gasteiger partial charge in [-0.3, -0.25) is 0 Å². The lowest BCUT2D eigenvalue weighted by Gasteiger charge is -2.13. The molecule has 21 heavy (non-hydrogen) atoms. The topological polar surface area (TPSA) is 56.3 Å². The van der Waals surface area contributed by atoms with E-state index in [1.165, 1.54) is 6.33 Å². The van der Waals surface area contributed by atoms with Crippen LogP contribution in [0.25, 0.3) is 0 Å². The van der Waals surface area contributed by atoms with Crippen molar-refractivity contribution in [3.8, 4) is 11.6 Å². The summed E-state index contributed by atoms with van der Waals surface area (Å²) in [5.41, 5.74) is 2.10. The van der Waals surface area contributed by atoms with Crippen LogP contribution in [-0.2, 0) is 13.0 Å². The number of methoxy groups -OCH3 is 1. The molecular formula is C16H21N3O2. The Kier molecular flexibility index (Phi) is 5.37. The smallest absolute Gasteiger partial charge is 0.222 e. The summed E-state index contributed by atoms with van der Waals surface area (Å²) >= 11 is 0. The molecule has 1 aromatic heterocycles. The van der Waals surface area contributed by atoms with Crippen LogP contribution in [0.3, 0.4) is 0 Å². The number of aromatic nitrogens is 2. The van der Waals surface area contributed by atoms with Crippen molar-refractivity contribution >= 4 is 5.82 Å². The second-order valence-corrected chi connectivity index (χ2v) is 4.64. The van der Waals surface area contributed by atoms with E-state index in [0.29, 0.717) is 12.5 Å². The van der Waals surface area contributed by atoms with Gasteiger partial charge in [-0.05, 0) is 24.1 Å². The Labute approximate surface area is 125 Å². The maximum atomic E-state index is 5.86. The third-order valence-electron chi connectivity index (χ3n) is 3.18. The quantitative estimate of drug-likeness (QED) is 0.848. The van der Waals surface area contributed by atoms with Gasteiger partial charge in [-0.15, -0.1) is 0 Å². The van der Waals surface area contributed by atoms with Crippen molar-refractivity contribution in [2.24, 2.45) is 0 Å². The zero-order valence-corrected chi connectivity index (χ0v) is 12.7. The van der Waals surface area contributed by atoms with E-state index < -0.39 is 0 Å². The number of rotatable bonds is 7. The highest BCUT2D eigenvalue weighted by Crippen LogP contribution is 2.24. The van der Waals surface area contributed by atoms with Crippen LogP contribution in [-0.4, -0.2) is 24.1 Å². The highest BCUT2D eigenvalue weighted by molar-refractivity contribution is 5.48. The molecule has 0 spiro atoms. The standard InChI is InChI=1S/C16H21N3O2/c1-4-5-14-15(17-2)18-11-19-16(14)21-10-12-6-8-13(20-3)9-7-12/h6-9,11H,4-5,10H2,1-3H3,(H,17,18,19). The van der Waals surface area contributed by atoms with Crippen molar-refractivity contribution in [1.29, 1.82) is 0 Å². The minimum atomic E-state index is 0.473. The molecule has 0 bridgehead atoms. The number of benzene rings is 1. The van der Waals surface area contributed by atoms with E-state index in [-0.39, 0.29) is 0 Å². The van der Waals surface area contributed by atoms with Crippen LogP contribution in [0.4, 0.5) is 5.82 Å². The summed E-state index contributed by atoms with van der Waals surface area (Å²) in [6, 6.07) is 7.81. The van der Waals surface area contributed by atoms with Crippen LogP contribution in [0.15, 0.2) is 30.6 Å². The van der Waals surface area contributed by atoms with E-state index in [0.717, 1.165) is 35.5 Å². The fraction of sp³-hybridized carbons (Fsp3) is 0.375. The summed E-state index contributed by atoms with van der Waals surface area (Å²) in [7, 11) is 3.51. The first kappa shape index (κ1) is 15.1. The third kappa shape index (κ3) is 3.84. The second kappa shape index (κ2) is 7.47. The van der Waals surface area contributed by atoms with E-state index in [4.69, 9.17) is 9.47 Å². The van der Waals surface area contributed by atoms with Crippen LogP contribution in [0.1, 0.15) is 24.5 Å². The van der Waals surface area contributed by atoms with Gasteiger partial charge in [0.05, 0.1) is 12.7 Å². The molecule has 0 fully saturated rings. The minimum absolute atomic E-state index is 0.473. The van der Waals surface area contributed by atoms with Gasteiger partial charge in [-0.2, -0.15) is 0 Å². The van der Waals surface area contributed by atoms with Gasteiger partial charge in [0.25, 0.3) is 0 Å². The lowest BCUT2D eigenvalue weighted by atomic mass is 10.1. The first-order chi connectivity index (χ1) is 10.3. The highest BCUT2D eigenvalue weighted by Gasteiger charge is 2.11. The summed E-state index contributed by atoms with van der Waals surface area (Å²) in [6.07, 6.45) is 3.42. The van der Waals surface area contributed by atoms with Crippen molar-refractivity contribution in [3.05, 3.63) is 41.7 Å². The Morgan fingerprint density at radius 2 is 1.90 bits per heavy atom. The summed E-state index contributed by atoms with van der Waals surface area (Å²) in [4.78, 5) is 8.49. The maximum absolute atomic E-state index is 5.86. The SMILES string of the molecule is CCCc1c(NC)ncnc1OCc1ccc(OC)cc1. The Balaban J connectivity index is 2.11. The van der Waals surface area contributed by atoms with Gasteiger partial charge >= 0.3 is 0 Å². The Morgan fingerprint density at radius 1 is 1.14 bits per heavy atom. The fourth-order valence-electron chi connectivity index (χ4n) is 2.08. The molecule has 0 aliphatic rings. The predicted molar refractivity (Wildman–Crippen MR) is 82.9 cm³/mol. The van der Waals surface area contributed by atoms with Gasteiger partial charge < -0.3 is 14.8 Å². The number of nitrogens with zero attached hydrogens (tertiary/aromatic N) is 2. The molecule has 2 rings (SSSR count). The zero-order valence-electron chi connectivity index (χ0n) is 12.7. The van der Waals surface area contributed by atoms with Crippen molar-refractivity contribution in [2.75, 3.05) is 19.5 Å². The third-order valence-corrected chi connectivity index (χ3v) is 3.18. The van der Waals surface area contributed by atoms with E-state index in [1.807, 2.05) is 31.3 Å². The van der Waals surface area contributed by atoms with Crippen LogP contribution >= 0.6 is 0 Å². The molecule has 0 unspecified atom stereocenters. The average Bonchev–Trinajstić information content (AvgIpc) is 2.54. The summed E-state index contributed by atoms with van der Waals surface area (Å²) in [6.45, 7) is 2.60. The molecule has 112 valence electrons. The molecule has 0 aliphatic heterocycles. The van der Waals surface area contributed by atoms with Crippen molar-refractivity contribution in [1.82, 2.24) is 9.97 Å². The molecule has 1 heterocycles. The molecule has 0 radical (unpaired) electrons. The lowest BCUT2D eigenvalue weighted by molar-refractivity contribution is 0.289. The molecule has 0 amide bonds. The normalized spacial score (nSPS) is 10.2. The Morgan fingerprint density at radius 3 is 2.52 bits per heavy atom. The molecule has 0 saturated carbocycles. The summed E-state index contributed by atoms with van der Waals surface area (Å²) < 4.78 is 11.0. The largest absolute Gasteiger partial charge is 0.497 e. The molecule has 1 aromatic carbocycles. The van der Waals surface area contributed by atoms with Gasteiger partial charge in [0.2, 0.25) is 5.88 Å². The van der Waals surface area contributed by atoms with Gasteiger partial charge in [-0.1, -0.05) is 25.5 Å². The van der Waals surface area contributed by atoms with Gasteiger partial charge in [-0.25, -0.2) is 9.97 Å². The number of nitrogens with one attached hydrogen (secondary N) is 1. The van der Waals surface area contributed by atoms with E-state index in [9.17, 15) is 0 Å². The maximum Gasteiger partial charge on any atom is 0.222 e. The summed E-state index contributed by atoms with van der Waals surface area (Å²) in [5, 5.41) is 3.09.